The van der Waals surface area contributed by atoms with Crippen LogP contribution < -0.4 is 0 Å². The molecule has 0 N–H and O–H groups in total. The van der Waals surface area contributed by atoms with E-state index in [-0.39, 0.29) is 18.1 Å². The topological polar surface area (TPSA) is 81.8 Å². The zero-order valence-electron chi connectivity index (χ0n) is 20.6. The van der Waals surface area contributed by atoms with Crippen molar-refractivity contribution >= 4 is 39.8 Å². The quantitative estimate of drug-likeness (QED) is 0.378. The van der Waals surface area contributed by atoms with E-state index in [1.54, 1.807) is 45.5 Å². The Morgan fingerprint density at radius 3 is 2.51 bits per heavy atom. The maximum absolute atomic E-state index is 13.5. The van der Waals surface area contributed by atoms with Crippen LogP contribution in [-0.2, 0) is 27.0 Å². The Labute approximate surface area is 216 Å². The second-order valence-corrected chi connectivity index (χ2v) is 9.42. The number of aliphatic imine (C=N–C) groups is 1. The standard InChI is InChI=1S/C25H26F3N5O3S/c1-16-10-19(25(26,27)28)20(29-13-16)15-33-21-5-4-17(11-18(21)14-30-33)12-22-23(34)31-24(37-22)32(6-8-35-2)7-9-36-3/h4-5,10-14H,6-9,15H2,1-3H3/b22-12-. The lowest BCUT2D eigenvalue weighted by Gasteiger charge is -2.22. The van der Waals surface area contributed by atoms with Crippen LogP contribution in [0.15, 0.2) is 46.6 Å². The van der Waals surface area contributed by atoms with Crippen molar-refractivity contribution in [2.24, 2.45) is 4.99 Å². The molecule has 2 aromatic heterocycles. The highest BCUT2D eigenvalue weighted by atomic mass is 32.2. The number of aromatic nitrogens is 3. The molecule has 0 aliphatic carbocycles. The average molecular weight is 534 g/mol. The number of alkyl halides is 3. The number of pyridine rings is 1. The summed E-state index contributed by atoms with van der Waals surface area (Å²) in [5, 5.41) is 5.60. The van der Waals surface area contributed by atoms with Crippen LogP contribution in [0.3, 0.4) is 0 Å². The van der Waals surface area contributed by atoms with E-state index in [0.717, 1.165) is 17.0 Å². The van der Waals surface area contributed by atoms with E-state index in [1.807, 2.05) is 11.0 Å². The van der Waals surface area contributed by atoms with Crippen LogP contribution >= 0.6 is 11.8 Å². The van der Waals surface area contributed by atoms with E-state index in [2.05, 4.69) is 15.1 Å². The van der Waals surface area contributed by atoms with Crippen LogP contribution in [0.5, 0.6) is 0 Å². The highest BCUT2D eigenvalue weighted by molar-refractivity contribution is 8.18. The molecule has 0 bridgehead atoms. The van der Waals surface area contributed by atoms with E-state index < -0.39 is 11.7 Å². The fourth-order valence-electron chi connectivity index (χ4n) is 3.82. The van der Waals surface area contributed by atoms with Crippen molar-refractivity contribution in [2.75, 3.05) is 40.5 Å². The van der Waals surface area contributed by atoms with E-state index >= 15 is 0 Å². The molecule has 3 heterocycles. The van der Waals surface area contributed by atoms with Crippen LogP contribution in [-0.4, -0.2) is 71.3 Å². The summed E-state index contributed by atoms with van der Waals surface area (Å²) in [4.78, 5) is 23.2. The number of carbonyl (C=O) groups excluding carboxylic acids is 1. The summed E-state index contributed by atoms with van der Waals surface area (Å²) in [6.45, 7) is 3.57. The molecule has 0 unspecified atom stereocenters. The lowest BCUT2D eigenvalue weighted by molar-refractivity contribution is -0.138. The Hall–Kier alpha value is -3.22. The molecule has 0 atom stereocenters. The number of thioether (sulfide) groups is 1. The van der Waals surface area contributed by atoms with Crippen LogP contribution in [0, 0.1) is 6.92 Å². The molecule has 4 rings (SSSR count). The summed E-state index contributed by atoms with van der Waals surface area (Å²) in [5.41, 5.74) is 0.981. The van der Waals surface area contributed by atoms with Gasteiger partial charge >= 0.3 is 6.18 Å². The molecular formula is C25H26F3N5O3S. The number of hydrogen-bond donors (Lipinski definition) is 0. The molecule has 1 aliphatic heterocycles. The number of amides is 1. The third-order valence-corrected chi connectivity index (χ3v) is 6.73. The Morgan fingerprint density at radius 2 is 1.84 bits per heavy atom. The third-order valence-electron chi connectivity index (χ3n) is 5.69. The Kier molecular flexibility index (Phi) is 8.30. The maximum Gasteiger partial charge on any atom is 0.418 e. The van der Waals surface area contributed by atoms with Gasteiger partial charge in [-0.3, -0.25) is 14.5 Å². The molecule has 37 heavy (non-hydrogen) atoms. The normalized spacial score (nSPS) is 15.1. The first-order valence-corrected chi connectivity index (χ1v) is 12.2. The van der Waals surface area contributed by atoms with Crippen molar-refractivity contribution in [2.45, 2.75) is 19.6 Å². The van der Waals surface area contributed by atoms with Gasteiger partial charge in [-0.1, -0.05) is 6.07 Å². The number of ether oxygens (including phenoxy) is 2. The molecule has 0 saturated carbocycles. The van der Waals surface area contributed by atoms with Crippen LogP contribution in [0.4, 0.5) is 13.2 Å². The zero-order valence-corrected chi connectivity index (χ0v) is 21.4. The molecule has 1 amide bonds. The summed E-state index contributed by atoms with van der Waals surface area (Å²) in [7, 11) is 3.22. The molecule has 0 fully saturated rings. The number of carbonyl (C=O) groups is 1. The lowest BCUT2D eigenvalue weighted by Crippen LogP contribution is -2.34. The minimum Gasteiger partial charge on any atom is -0.383 e. The monoisotopic (exact) mass is 533 g/mol. The number of nitrogens with zero attached hydrogens (tertiary/aromatic N) is 5. The Balaban J connectivity index is 1.54. The van der Waals surface area contributed by atoms with Gasteiger partial charge in [0.05, 0.1) is 47.6 Å². The summed E-state index contributed by atoms with van der Waals surface area (Å²) in [5.74, 6) is -0.333. The number of hydrogen-bond acceptors (Lipinski definition) is 7. The third kappa shape index (κ3) is 6.38. The second kappa shape index (κ2) is 11.4. The van der Waals surface area contributed by atoms with E-state index in [4.69, 9.17) is 9.47 Å². The molecule has 12 heteroatoms. The van der Waals surface area contributed by atoms with Crippen LogP contribution in [0.1, 0.15) is 22.4 Å². The van der Waals surface area contributed by atoms with Gasteiger partial charge in [0.25, 0.3) is 5.91 Å². The smallest absolute Gasteiger partial charge is 0.383 e. The van der Waals surface area contributed by atoms with Gasteiger partial charge in [0.1, 0.15) is 0 Å². The van der Waals surface area contributed by atoms with Gasteiger partial charge in [-0.25, -0.2) is 0 Å². The second-order valence-electron chi connectivity index (χ2n) is 8.41. The minimum absolute atomic E-state index is 0.0987. The van der Waals surface area contributed by atoms with E-state index in [9.17, 15) is 18.0 Å². The van der Waals surface area contributed by atoms with Crippen molar-refractivity contribution in [3.05, 3.63) is 63.9 Å². The van der Waals surface area contributed by atoms with Crippen molar-refractivity contribution < 1.29 is 27.4 Å². The van der Waals surface area contributed by atoms with Gasteiger partial charge in [-0.15, -0.1) is 0 Å². The Bertz CT molecular complexity index is 1350. The fraction of sp³-hybridized carbons (Fsp3) is 0.360. The number of halogens is 3. The lowest BCUT2D eigenvalue weighted by atomic mass is 10.1. The SMILES string of the molecule is COCCN(CCOC)C1=NC(=O)/C(=C/c2ccc3c(cnn3Cc3ncc(C)cc3C(F)(F)F)c2)S1. The van der Waals surface area contributed by atoms with E-state index in [1.165, 1.54) is 22.6 Å². The molecule has 0 spiro atoms. The zero-order chi connectivity index (χ0) is 26.6. The van der Waals surface area contributed by atoms with Crippen molar-refractivity contribution in [3.8, 4) is 0 Å². The average Bonchev–Trinajstić information content (AvgIpc) is 3.42. The first-order chi connectivity index (χ1) is 17.7. The first kappa shape index (κ1) is 26.8. The predicted molar refractivity (Wildman–Crippen MR) is 136 cm³/mol. The summed E-state index contributed by atoms with van der Waals surface area (Å²) in [6, 6.07) is 6.49. The molecule has 1 aliphatic rings. The Morgan fingerprint density at radius 1 is 1.11 bits per heavy atom. The number of benzene rings is 1. The first-order valence-electron chi connectivity index (χ1n) is 11.4. The number of amidine groups is 1. The van der Waals surface area contributed by atoms with Gasteiger partial charge < -0.3 is 14.4 Å². The molecule has 3 aromatic rings. The number of rotatable bonds is 9. The number of fused-ring (bicyclic) bond motifs is 1. The number of methoxy groups -OCH3 is 2. The van der Waals surface area contributed by atoms with Crippen LogP contribution in [0.25, 0.3) is 17.0 Å². The van der Waals surface area contributed by atoms with Crippen molar-refractivity contribution in [3.63, 3.8) is 0 Å². The van der Waals surface area contributed by atoms with E-state index in [0.29, 0.717) is 47.5 Å². The van der Waals surface area contributed by atoms with Crippen molar-refractivity contribution in [1.29, 1.82) is 0 Å². The highest BCUT2D eigenvalue weighted by Crippen LogP contribution is 2.33. The van der Waals surface area contributed by atoms with Gasteiger partial charge in [0, 0.05) is 38.9 Å². The molecular weight excluding hydrogens is 507 g/mol. The van der Waals surface area contributed by atoms with Crippen LogP contribution in [0.2, 0.25) is 0 Å². The molecule has 1 aromatic carbocycles. The fourth-order valence-corrected chi connectivity index (χ4v) is 4.79. The predicted octanol–water partition coefficient (Wildman–Crippen LogP) is 4.37. The van der Waals surface area contributed by atoms with Gasteiger partial charge in [-0.05, 0) is 54.1 Å². The molecule has 0 saturated heterocycles. The molecule has 196 valence electrons. The summed E-state index contributed by atoms with van der Waals surface area (Å²) >= 11 is 1.28. The summed E-state index contributed by atoms with van der Waals surface area (Å²) in [6.07, 6.45) is 0.237. The molecule has 0 radical (unpaired) electrons. The van der Waals surface area contributed by atoms with Gasteiger partial charge in [-0.2, -0.15) is 23.3 Å². The number of aryl methyl sites for hydroxylation is 1. The van der Waals surface area contributed by atoms with Gasteiger partial charge in [0.15, 0.2) is 5.17 Å². The van der Waals surface area contributed by atoms with Crippen molar-refractivity contribution in [1.82, 2.24) is 19.7 Å². The largest absolute Gasteiger partial charge is 0.418 e. The maximum atomic E-state index is 13.5. The summed E-state index contributed by atoms with van der Waals surface area (Å²) < 4.78 is 52.4. The highest BCUT2D eigenvalue weighted by Gasteiger charge is 2.34. The molecule has 8 nitrogen and oxygen atoms in total. The van der Waals surface area contributed by atoms with Gasteiger partial charge in [0.2, 0.25) is 0 Å². The minimum atomic E-state index is -4.51.